The van der Waals surface area contributed by atoms with Gasteiger partial charge in [-0.1, -0.05) is 23.4 Å². The molecule has 9 heteroatoms. The molecule has 1 aliphatic heterocycles. The van der Waals surface area contributed by atoms with Crippen LogP contribution in [0.4, 0.5) is 13.2 Å². The average Bonchev–Trinajstić information content (AvgIpc) is 3.19. The molecule has 0 saturated carbocycles. The molecule has 1 aromatic carbocycles. The van der Waals surface area contributed by atoms with E-state index in [4.69, 9.17) is 0 Å². The lowest BCUT2D eigenvalue weighted by Crippen LogP contribution is -2.36. The number of halogens is 3. The Morgan fingerprint density at radius 2 is 2.03 bits per heavy atom. The number of aromatic nitrogens is 3. The van der Waals surface area contributed by atoms with Gasteiger partial charge in [0.05, 0.1) is 17.8 Å². The van der Waals surface area contributed by atoms with E-state index in [0.29, 0.717) is 37.4 Å². The lowest BCUT2D eigenvalue weighted by Gasteiger charge is -2.32. The molecule has 1 saturated heterocycles. The van der Waals surface area contributed by atoms with E-state index in [2.05, 4.69) is 15.2 Å². The van der Waals surface area contributed by atoms with Crippen LogP contribution in [0.3, 0.4) is 0 Å². The van der Waals surface area contributed by atoms with Crippen LogP contribution in [-0.2, 0) is 12.7 Å². The Morgan fingerprint density at radius 1 is 1.28 bits per heavy atom. The standard InChI is InChI=1S/C20H26F3N5O/c1-3-27(4-2)19(29)18-14-28(25-24-18)17-9-6-10-26(13-17)12-15-7-5-8-16(11-15)20(21,22)23/h5,7-8,11,14,17H,3-4,6,9-10,12-13H2,1-2H3/t17-/m0/s1. The first kappa shape index (κ1) is 21.3. The maximum absolute atomic E-state index is 12.9. The maximum Gasteiger partial charge on any atom is 0.416 e. The number of hydrogen-bond donors (Lipinski definition) is 0. The van der Waals surface area contributed by atoms with Gasteiger partial charge in [-0.25, -0.2) is 4.68 Å². The molecule has 2 heterocycles. The third-order valence-corrected chi connectivity index (χ3v) is 5.30. The van der Waals surface area contributed by atoms with Crippen LogP contribution in [0.5, 0.6) is 0 Å². The summed E-state index contributed by atoms with van der Waals surface area (Å²) < 4.78 is 40.5. The molecular weight excluding hydrogens is 383 g/mol. The fraction of sp³-hybridized carbons (Fsp3) is 0.550. The fourth-order valence-corrected chi connectivity index (χ4v) is 3.72. The van der Waals surface area contributed by atoms with Gasteiger partial charge in [-0.15, -0.1) is 5.10 Å². The summed E-state index contributed by atoms with van der Waals surface area (Å²) in [4.78, 5) is 16.2. The smallest absolute Gasteiger partial charge is 0.338 e. The third-order valence-electron chi connectivity index (χ3n) is 5.30. The van der Waals surface area contributed by atoms with E-state index < -0.39 is 11.7 Å². The molecule has 1 aliphatic rings. The SMILES string of the molecule is CCN(CC)C(=O)c1cn([C@H]2CCCN(Cc3cccc(C(F)(F)F)c3)C2)nn1. The zero-order chi connectivity index (χ0) is 21.0. The lowest BCUT2D eigenvalue weighted by atomic mass is 10.0. The van der Waals surface area contributed by atoms with Gasteiger partial charge in [0.25, 0.3) is 5.91 Å². The number of nitrogens with zero attached hydrogens (tertiary/aromatic N) is 5. The van der Waals surface area contributed by atoms with Crippen LogP contribution >= 0.6 is 0 Å². The van der Waals surface area contributed by atoms with Crippen molar-refractivity contribution in [2.45, 2.75) is 45.5 Å². The third kappa shape index (κ3) is 5.14. The van der Waals surface area contributed by atoms with Crippen molar-refractivity contribution in [3.05, 3.63) is 47.3 Å². The Bertz CT molecular complexity index is 832. The molecule has 3 rings (SSSR count). The first-order valence-electron chi connectivity index (χ1n) is 9.91. The molecule has 158 valence electrons. The molecule has 0 unspecified atom stereocenters. The summed E-state index contributed by atoms with van der Waals surface area (Å²) in [7, 11) is 0. The molecule has 0 spiro atoms. The monoisotopic (exact) mass is 409 g/mol. The van der Waals surface area contributed by atoms with Crippen LogP contribution in [0.2, 0.25) is 0 Å². The second kappa shape index (κ2) is 8.94. The Balaban J connectivity index is 1.66. The van der Waals surface area contributed by atoms with Crippen LogP contribution in [0, 0.1) is 0 Å². The Morgan fingerprint density at radius 3 is 2.72 bits per heavy atom. The number of rotatable bonds is 6. The highest BCUT2D eigenvalue weighted by atomic mass is 19.4. The van der Waals surface area contributed by atoms with Crippen molar-refractivity contribution in [1.82, 2.24) is 24.8 Å². The summed E-state index contributed by atoms with van der Waals surface area (Å²) in [5.41, 5.74) is 0.333. The van der Waals surface area contributed by atoms with E-state index in [1.165, 1.54) is 12.1 Å². The van der Waals surface area contributed by atoms with Crippen LogP contribution in [0.15, 0.2) is 30.5 Å². The van der Waals surface area contributed by atoms with E-state index in [0.717, 1.165) is 25.5 Å². The number of carbonyl (C=O) groups is 1. The number of benzene rings is 1. The minimum Gasteiger partial charge on any atom is -0.338 e. The summed E-state index contributed by atoms with van der Waals surface area (Å²) in [5.74, 6) is -0.141. The lowest BCUT2D eigenvalue weighted by molar-refractivity contribution is -0.137. The van der Waals surface area contributed by atoms with Gasteiger partial charge in [-0.05, 0) is 44.9 Å². The first-order valence-corrected chi connectivity index (χ1v) is 9.91. The molecule has 0 bridgehead atoms. The van der Waals surface area contributed by atoms with Gasteiger partial charge < -0.3 is 4.90 Å². The number of alkyl halides is 3. The summed E-state index contributed by atoms with van der Waals surface area (Å²) >= 11 is 0. The van der Waals surface area contributed by atoms with Crippen LogP contribution < -0.4 is 0 Å². The predicted octanol–water partition coefficient (Wildman–Crippen LogP) is 3.62. The van der Waals surface area contributed by atoms with Crippen molar-refractivity contribution in [3.63, 3.8) is 0 Å². The summed E-state index contributed by atoms with van der Waals surface area (Å²) in [5, 5.41) is 8.18. The van der Waals surface area contributed by atoms with Gasteiger partial charge in [0.2, 0.25) is 0 Å². The van der Waals surface area contributed by atoms with Crippen molar-refractivity contribution in [3.8, 4) is 0 Å². The van der Waals surface area contributed by atoms with Crippen molar-refractivity contribution in [2.75, 3.05) is 26.2 Å². The molecule has 2 aromatic rings. The molecular formula is C20H26F3N5O. The zero-order valence-electron chi connectivity index (χ0n) is 16.7. The molecule has 0 N–H and O–H groups in total. The van der Waals surface area contributed by atoms with Crippen molar-refractivity contribution in [2.24, 2.45) is 0 Å². The minimum absolute atomic E-state index is 0.0419. The van der Waals surface area contributed by atoms with Gasteiger partial charge in [-0.2, -0.15) is 13.2 Å². The molecule has 0 radical (unpaired) electrons. The van der Waals surface area contributed by atoms with Gasteiger partial charge >= 0.3 is 6.18 Å². The number of carbonyl (C=O) groups excluding carboxylic acids is 1. The Labute approximate surface area is 168 Å². The highest BCUT2D eigenvalue weighted by molar-refractivity contribution is 5.91. The summed E-state index contributed by atoms with van der Waals surface area (Å²) in [6, 6.07) is 5.50. The van der Waals surface area contributed by atoms with Gasteiger partial charge in [-0.3, -0.25) is 9.69 Å². The van der Waals surface area contributed by atoms with Crippen molar-refractivity contribution in [1.29, 1.82) is 0 Å². The minimum atomic E-state index is -4.34. The topological polar surface area (TPSA) is 54.3 Å². The predicted molar refractivity (Wildman–Crippen MR) is 102 cm³/mol. The van der Waals surface area contributed by atoms with Crippen LogP contribution in [0.1, 0.15) is 54.3 Å². The van der Waals surface area contributed by atoms with E-state index in [9.17, 15) is 18.0 Å². The Hall–Kier alpha value is -2.42. The molecule has 6 nitrogen and oxygen atoms in total. The maximum atomic E-state index is 12.9. The first-order chi connectivity index (χ1) is 13.8. The molecule has 1 atom stereocenters. The van der Waals surface area contributed by atoms with Crippen LogP contribution in [-0.4, -0.2) is 56.9 Å². The highest BCUT2D eigenvalue weighted by Gasteiger charge is 2.31. The van der Waals surface area contributed by atoms with E-state index in [1.807, 2.05) is 13.8 Å². The zero-order valence-corrected chi connectivity index (χ0v) is 16.7. The van der Waals surface area contributed by atoms with Crippen molar-refractivity contribution < 1.29 is 18.0 Å². The highest BCUT2D eigenvalue weighted by Crippen LogP contribution is 2.30. The van der Waals surface area contributed by atoms with Gasteiger partial charge in [0.15, 0.2) is 5.69 Å². The van der Waals surface area contributed by atoms with E-state index in [-0.39, 0.29) is 11.9 Å². The molecule has 29 heavy (non-hydrogen) atoms. The van der Waals surface area contributed by atoms with Crippen molar-refractivity contribution >= 4 is 5.91 Å². The molecule has 1 aromatic heterocycles. The number of piperidine rings is 1. The van der Waals surface area contributed by atoms with Gasteiger partial charge in [0, 0.05) is 26.2 Å². The molecule has 1 fully saturated rings. The number of likely N-dealkylation sites (tertiary alicyclic amines) is 1. The number of hydrogen-bond acceptors (Lipinski definition) is 4. The van der Waals surface area contributed by atoms with E-state index >= 15 is 0 Å². The van der Waals surface area contributed by atoms with Gasteiger partial charge in [0.1, 0.15) is 0 Å². The second-order valence-electron chi connectivity index (χ2n) is 7.29. The van der Waals surface area contributed by atoms with E-state index in [1.54, 1.807) is 21.8 Å². The number of amides is 1. The average molecular weight is 409 g/mol. The fourth-order valence-electron chi connectivity index (χ4n) is 3.72. The summed E-state index contributed by atoms with van der Waals surface area (Å²) in [6.45, 7) is 6.95. The summed E-state index contributed by atoms with van der Waals surface area (Å²) in [6.07, 6.45) is -0.863. The molecule has 1 amide bonds. The second-order valence-corrected chi connectivity index (χ2v) is 7.29. The molecule has 0 aliphatic carbocycles. The largest absolute Gasteiger partial charge is 0.416 e. The quantitative estimate of drug-likeness (QED) is 0.731. The van der Waals surface area contributed by atoms with Crippen LogP contribution in [0.25, 0.3) is 0 Å². The normalized spacial score (nSPS) is 18.0. The Kier molecular flexibility index (Phi) is 6.56.